The van der Waals surface area contributed by atoms with Gasteiger partial charge in [-0.15, -0.1) is 11.8 Å². The molecule has 3 rings (SSSR count). The average molecular weight is 339 g/mol. The van der Waals surface area contributed by atoms with Gasteiger partial charge in [0.15, 0.2) is 5.78 Å². The van der Waals surface area contributed by atoms with Crippen LogP contribution in [-0.4, -0.2) is 22.2 Å². The molecule has 1 aromatic heterocycles. The van der Waals surface area contributed by atoms with Crippen LogP contribution in [0.25, 0.3) is 0 Å². The fourth-order valence-electron chi connectivity index (χ4n) is 2.40. The molecule has 23 heavy (non-hydrogen) atoms. The topological polar surface area (TPSA) is 45.8 Å². The number of nitrogens with one attached hydrogen (secondary N) is 1. The second kappa shape index (κ2) is 6.03. The number of benzene rings is 1. The van der Waals surface area contributed by atoms with Gasteiger partial charge in [-0.3, -0.25) is 9.89 Å². The van der Waals surface area contributed by atoms with Crippen LogP contribution in [0.3, 0.4) is 0 Å². The zero-order valence-electron chi connectivity index (χ0n) is 12.3. The van der Waals surface area contributed by atoms with E-state index in [9.17, 15) is 18.0 Å². The molecule has 1 aliphatic carbocycles. The Morgan fingerprint density at radius 3 is 2.78 bits per heavy atom. The Hall–Kier alpha value is -1.76. The lowest BCUT2D eigenvalue weighted by molar-refractivity contribution is -0.137. The molecule has 0 amide bonds. The van der Waals surface area contributed by atoms with Crippen molar-refractivity contribution in [3.63, 3.8) is 0 Å². The lowest BCUT2D eigenvalue weighted by Gasteiger charge is -2.11. The van der Waals surface area contributed by atoms with Crippen LogP contribution >= 0.6 is 11.8 Å². The van der Waals surface area contributed by atoms with Gasteiger partial charge in [0.1, 0.15) is 0 Å². The number of hydrogen-bond donors (Lipinski definition) is 1. The van der Waals surface area contributed by atoms with Crippen molar-refractivity contribution in [2.24, 2.45) is 5.92 Å². The summed E-state index contributed by atoms with van der Waals surface area (Å²) < 4.78 is 38.4. The van der Waals surface area contributed by atoms with Gasteiger partial charge in [-0.1, -0.05) is 0 Å². The molecule has 0 spiro atoms. The van der Waals surface area contributed by atoms with E-state index in [4.69, 9.17) is 0 Å². The SMILES string of the molecule is CSc1cc(C(F)(F)F)ccc1C(=O)c1[c][nH]nc1CC1CC1. The first kappa shape index (κ1) is 16.1. The summed E-state index contributed by atoms with van der Waals surface area (Å²) in [5.41, 5.74) is 0.462. The van der Waals surface area contributed by atoms with Gasteiger partial charge in [0.05, 0.1) is 23.0 Å². The van der Waals surface area contributed by atoms with Crippen LogP contribution < -0.4 is 0 Å². The Morgan fingerprint density at radius 2 is 2.17 bits per heavy atom. The Bertz CT molecular complexity index is 735. The number of aromatic nitrogens is 2. The molecule has 1 aromatic carbocycles. The van der Waals surface area contributed by atoms with Crippen molar-refractivity contribution in [1.82, 2.24) is 10.2 Å². The average Bonchev–Trinajstić information content (AvgIpc) is 3.20. The molecular formula is C16H14F3N2OS. The number of aromatic amines is 1. The maximum absolute atomic E-state index is 12.8. The molecule has 0 saturated heterocycles. The van der Waals surface area contributed by atoms with Gasteiger partial charge in [-0.2, -0.15) is 18.3 Å². The van der Waals surface area contributed by atoms with Crippen LogP contribution in [-0.2, 0) is 12.6 Å². The van der Waals surface area contributed by atoms with Crippen LogP contribution in [0.5, 0.6) is 0 Å². The van der Waals surface area contributed by atoms with Crippen molar-refractivity contribution in [3.05, 3.63) is 46.8 Å². The molecule has 1 N–H and O–H groups in total. The molecule has 0 atom stereocenters. The fourth-order valence-corrected chi connectivity index (χ4v) is 3.03. The third kappa shape index (κ3) is 3.44. The second-order valence-corrected chi connectivity index (χ2v) is 6.41. The lowest BCUT2D eigenvalue weighted by Crippen LogP contribution is -2.09. The van der Waals surface area contributed by atoms with E-state index in [1.807, 2.05) is 0 Å². The normalized spacial score (nSPS) is 15.0. The van der Waals surface area contributed by atoms with Gasteiger partial charge in [0.2, 0.25) is 0 Å². The van der Waals surface area contributed by atoms with Crippen molar-refractivity contribution >= 4 is 17.5 Å². The Labute approximate surface area is 135 Å². The molecule has 0 aliphatic heterocycles. The molecule has 3 nitrogen and oxygen atoms in total. The van der Waals surface area contributed by atoms with E-state index in [0.717, 1.165) is 36.7 Å². The third-order valence-corrected chi connectivity index (χ3v) is 4.62. The minimum absolute atomic E-state index is 0.250. The van der Waals surface area contributed by atoms with Crippen LogP contribution in [0.15, 0.2) is 23.1 Å². The number of H-pyrrole nitrogens is 1. The summed E-state index contributed by atoms with van der Waals surface area (Å²) in [6.07, 6.45) is 2.89. The van der Waals surface area contributed by atoms with Gasteiger partial charge in [0, 0.05) is 10.5 Å². The lowest BCUT2D eigenvalue weighted by atomic mass is 10.0. The molecule has 121 valence electrons. The number of halogens is 3. The highest BCUT2D eigenvalue weighted by atomic mass is 32.2. The van der Waals surface area contributed by atoms with E-state index in [0.29, 0.717) is 28.5 Å². The van der Waals surface area contributed by atoms with E-state index in [2.05, 4.69) is 16.4 Å². The van der Waals surface area contributed by atoms with Crippen molar-refractivity contribution in [1.29, 1.82) is 0 Å². The summed E-state index contributed by atoms with van der Waals surface area (Å²) in [7, 11) is 0. The van der Waals surface area contributed by atoms with Crippen LogP contribution in [0.4, 0.5) is 13.2 Å². The van der Waals surface area contributed by atoms with Crippen LogP contribution in [0, 0.1) is 12.1 Å². The van der Waals surface area contributed by atoms with E-state index in [1.54, 1.807) is 6.26 Å². The first-order chi connectivity index (χ1) is 10.9. The van der Waals surface area contributed by atoms with Crippen LogP contribution in [0.1, 0.15) is 40.0 Å². The Kier molecular flexibility index (Phi) is 4.23. The monoisotopic (exact) mass is 339 g/mol. The Morgan fingerprint density at radius 1 is 1.43 bits per heavy atom. The van der Waals surface area contributed by atoms with Crippen LogP contribution in [0.2, 0.25) is 0 Å². The van der Waals surface area contributed by atoms with Gasteiger partial charge in [0.25, 0.3) is 0 Å². The first-order valence-electron chi connectivity index (χ1n) is 7.15. The number of alkyl halides is 3. The maximum Gasteiger partial charge on any atom is 0.416 e. The smallest absolute Gasteiger partial charge is 0.288 e. The number of ketones is 1. The molecule has 1 heterocycles. The maximum atomic E-state index is 12.8. The van der Waals surface area contributed by atoms with E-state index in [1.165, 1.54) is 6.07 Å². The number of carbonyl (C=O) groups is 1. The highest BCUT2D eigenvalue weighted by molar-refractivity contribution is 7.98. The third-order valence-electron chi connectivity index (χ3n) is 3.84. The van der Waals surface area contributed by atoms with E-state index < -0.39 is 11.7 Å². The summed E-state index contributed by atoms with van der Waals surface area (Å²) in [5, 5.41) is 6.64. The molecule has 1 fully saturated rings. The van der Waals surface area contributed by atoms with Gasteiger partial charge < -0.3 is 0 Å². The zero-order chi connectivity index (χ0) is 16.6. The van der Waals surface area contributed by atoms with Gasteiger partial charge in [-0.25, -0.2) is 0 Å². The fraction of sp³-hybridized carbons (Fsp3) is 0.375. The number of nitrogens with zero attached hydrogens (tertiary/aromatic N) is 1. The Balaban J connectivity index is 1.94. The largest absolute Gasteiger partial charge is 0.416 e. The second-order valence-electron chi connectivity index (χ2n) is 5.56. The van der Waals surface area contributed by atoms with Crippen molar-refractivity contribution < 1.29 is 18.0 Å². The molecule has 1 aliphatic rings. The molecular weight excluding hydrogens is 325 g/mol. The molecule has 1 saturated carbocycles. The highest BCUT2D eigenvalue weighted by Gasteiger charge is 2.32. The predicted octanol–water partition coefficient (Wildman–Crippen LogP) is 4.13. The number of carbonyl (C=O) groups excluding carboxylic acids is 1. The predicted molar refractivity (Wildman–Crippen MR) is 80.5 cm³/mol. The molecule has 0 unspecified atom stereocenters. The highest BCUT2D eigenvalue weighted by Crippen LogP contribution is 2.35. The molecule has 0 bridgehead atoms. The standard InChI is InChI=1S/C16H14F3N2OS/c1-23-14-7-10(16(17,18)19)4-5-11(14)15(22)12-8-20-21-13(12)6-9-2-3-9/h4-5,7,9H,2-3,6H2,1H3,(H,20,21). The van der Waals surface area contributed by atoms with Crippen molar-refractivity contribution in [2.45, 2.75) is 30.3 Å². The van der Waals surface area contributed by atoms with Crippen molar-refractivity contribution in [3.8, 4) is 0 Å². The number of hydrogen-bond acceptors (Lipinski definition) is 3. The molecule has 1 radical (unpaired) electrons. The van der Waals surface area contributed by atoms with Gasteiger partial charge in [-0.05, 0) is 49.6 Å². The number of thioether (sulfide) groups is 1. The van der Waals surface area contributed by atoms with E-state index >= 15 is 0 Å². The summed E-state index contributed by atoms with van der Waals surface area (Å²) in [4.78, 5) is 13.0. The number of rotatable bonds is 5. The molecule has 2 aromatic rings. The summed E-state index contributed by atoms with van der Waals surface area (Å²) in [6, 6.07) is 3.19. The van der Waals surface area contributed by atoms with E-state index in [-0.39, 0.29) is 11.3 Å². The quantitative estimate of drug-likeness (QED) is 0.658. The summed E-state index contributed by atoms with van der Waals surface area (Å²) in [6.45, 7) is 0. The minimum atomic E-state index is -4.43. The van der Waals surface area contributed by atoms with Crippen molar-refractivity contribution in [2.75, 3.05) is 6.26 Å². The first-order valence-corrected chi connectivity index (χ1v) is 8.37. The van der Waals surface area contributed by atoms with Gasteiger partial charge >= 0.3 is 6.18 Å². The summed E-state index contributed by atoms with van der Waals surface area (Å²) >= 11 is 1.12. The minimum Gasteiger partial charge on any atom is -0.288 e. The molecule has 7 heteroatoms. The zero-order valence-corrected chi connectivity index (χ0v) is 13.1. The summed E-state index contributed by atoms with van der Waals surface area (Å²) in [5.74, 6) is 0.207.